The summed E-state index contributed by atoms with van der Waals surface area (Å²) < 4.78 is 105. The number of methoxy groups -OCH3 is 6. The van der Waals surface area contributed by atoms with Crippen molar-refractivity contribution in [2.75, 3.05) is 42.5 Å². The molecule has 0 aliphatic carbocycles. The van der Waals surface area contributed by atoms with Gasteiger partial charge in [-0.1, -0.05) is 12.2 Å². The number of ether oxygens (including phenoxy) is 6. The first-order valence-electron chi connectivity index (χ1n) is 13.1. The van der Waals surface area contributed by atoms with E-state index in [-0.39, 0.29) is 34.5 Å². The molecule has 192 valence electrons. The molecule has 0 atom stereocenters. The van der Waals surface area contributed by atoms with Gasteiger partial charge in [-0.25, -0.2) is 8.63 Å². The van der Waals surface area contributed by atoms with Gasteiger partial charge in [-0.2, -0.15) is 0 Å². The number of allylic oxidation sites excluding steroid dienone is 3. The fraction of sp³-hybridized carbons (Fsp3) is 0.240. The van der Waals surface area contributed by atoms with Crippen molar-refractivity contribution >= 4 is 25.4 Å². The largest absolute Gasteiger partial charge is 0.796 e. The first kappa shape index (κ1) is 20.1. The third kappa shape index (κ3) is 7.43. The zero-order valence-electron chi connectivity index (χ0n) is 25.8. The van der Waals surface area contributed by atoms with E-state index in [9.17, 15) is 13.4 Å². The van der Waals surface area contributed by atoms with Crippen molar-refractivity contribution in [1.82, 2.24) is 0 Å². The van der Waals surface area contributed by atoms with E-state index >= 15 is 0 Å². The average molecular weight is 510 g/mol. The van der Waals surface area contributed by atoms with Gasteiger partial charge < -0.3 is 33.1 Å². The lowest BCUT2D eigenvalue weighted by molar-refractivity contribution is -0.110. The third-order valence-corrected chi connectivity index (χ3v) is 4.56. The van der Waals surface area contributed by atoms with E-state index in [1.165, 1.54) is 64.9 Å². The summed E-state index contributed by atoms with van der Waals surface area (Å²) in [7, 11) is -3.73. The second-order valence-corrected chi connectivity index (χ2v) is 6.71. The maximum absolute atomic E-state index is 13.1. The number of ketones is 1. The van der Waals surface area contributed by atoms with Gasteiger partial charge in [0, 0.05) is 6.08 Å². The van der Waals surface area contributed by atoms with Gasteiger partial charge >= 0.3 is 7.47 Å². The summed E-state index contributed by atoms with van der Waals surface area (Å²) in [4.78, 5) is 12.6. The maximum atomic E-state index is 13.1. The van der Waals surface area contributed by atoms with Gasteiger partial charge in [0.25, 0.3) is 0 Å². The van der Waals surface area contributed by atoms with Crippen LogP contribution in [0.2, 0.25) is 0 Å². The molecule has 36 heavy (non-hydrogen) atoms. The minimum Gasteiger partial charge on any atom is -0.505 e. The monoisotopic (exact) mass is 510 g/mol. The van der Waals surface area contributed by atoms with Crippen molar-refractivity contribution in [3.05, 3.63) is 59.4 Å². The van der Waals surface area contributed by atoms with E-state index in [1.807, 2.05) is 0 Å². The topological polar surface area (TPSA) is 81.7 Å². The Bertz CT molecular complexity index is 1290. The minimum absolute atomic E-state index is 0.00872. The molecule has 0 fully saturated rings. The average Bonchev–Trinajstić information content (AvgIpc) is 2.89. The zero-order valence-corrected chi connectivity index (χ0v) is 19.8. The highest BCUT2D eigenvalue weighted by molar-refractivity contribution is 6.35. The molecule has 0 saturated carbocycles. The second kappa shape index (κ2) is 13.7. The summed E-state index contributed by atoms with van der Waals surface area (Å²) in [5.41, 5.74) is 0.653. The molecule has 0 heterocycles. The molecule has 0 radical (unpaired) electrons. The standard InChI is InChI=1S/C25H27BF2O8/c1-30-20-11-16(12-21(31-2)24(20)34-5)7-9-18(29)15-19(36-26(27)28)10-8-17-13-22(32-3)25(35-6)23(14-17)33-4/h7-15H,1-6H3/b9-7+,10-8+,19-15-/i5D3,6D3. The Morgan fingerprint density at radius 2 is 1.17 bits per heavy atom. The van der Waals surface area contributed by atoms with Gasteiger partial charge in [0.1, 0.15) is 5.76 Å². The smallest absolute Gasteiger partial charge is 0.505 e. The van der Waals surface area contributed by atoms with Gasteiger partial charge in [0.15, 0.2) is 28.8 Å². The Labute approximate surface area is 217 Å². The molecule has 0 spiro atoms. The molecule has 0 amide bonds. The predicted molar refractivity (Wildman–Crippen MR) is 132 cm³/mol. The van der Waals surface area contributed by atoms with Crippen molar-refractivity contribution in [2.45, 2.75) is 0 Å². The summed E-state index contributed by atoms with van der Waals surface area (Å²) in [5, 5.41) is 0. The summed E-state index contributed by atoms with van der Waals surface area (Å²) in [6.45, 7) is 0. The van der Waals surface area contributed by atoms with Crippen LogP contribution in [0.5, 0.6) is 34.5 Å². The molecule has 0 aromatic heterocycles. The molecule has 2 aromatic carbocycles. The van der Waals surface area contributed by atoms with Crippen LogP contribution in [0.1, 0.15) is 19.4 Å². The maximum Gasteiger partial charge on any atom is 0.796 e. The SMILES string of the molecule is [2H]C([2H])([2H])Oc1c(OC)cc(/C=C/C(=O)/C=C(/C=C/c2cc(OC)c(OC([2H])([2H])[2H])c(OC)c2)OB(F)F)cc1OC. The van der Waals surface area contributed by atoms with E-state index < -0.39 is 33.1 Å². The van der Waals surface area contributed by atoms with Crippen LogP contribution in [-0.4, -0.2) is 55.8 Å². The van der Waals surface area contributed by atoms with Crippen molar-refractivity contribution in [1.29, 1.82) is 0 Å². The Hall–Kier alpha value is -4.15. The normalized spacial score (nSPS) is 14.6. The van der Waals surface area contributed by atoms with Crippen molar-refractivity contribution in [2.24, 2.45) is 0 Å². The van der Waals surface area contributed by atoms with Gasteiger partial charge in [0.05, 0.1) is 50.7 Å². The molecule has 11 heteroatoms. The van der Waals surface area contributed by atoms with Gasteiger partial charge in [0.2, 0.25) is 11.5 Å². The summed E-state index contributed by atoms with van der Waals surface area (Å²) >= 11 is 0. The number of carbonyl (C=O) groups excluding carboxylic acids is 1. The highest BCUT2D eigenvalue weighted by atomic mass is 19.2. The molecule has 0 unspecified atom stereocenters. The Balaban J connectivity index is 2.38. The number of benzene rings is 2. The molecule has 2 rings (SSSR count). The van der Waals surface area contributed by atoms with Crippen LogP contribution in [0.15, 0.2) is 48.3 Å². The zero-order chi connectivity index (χ0) is 31.7. The van der Waals surface area contributed by atoms with E-state index in [0.717, 1.165) is 18.2 Å². The quantitative estimate of drug-likeness (QED) is 0.164. The Morgan fingerprint density at radius 3 is 1.53 bits per heavy atom. The van der Waals surface area contributed by atoms with Crippen LogP contribution >= 0.6 is 0 Å². The minimum atomic E-state index is -3.25. The lowest BCUT2D eigenvalue weighted by Crippen LogP contribution is -2.04. The first-order valence-corrected chi connectivity index (χ1v) is 10.1. The van der Waals surface area contributed by atoms with Crippen LogP contribution in [0.3, 0.4) is 0 Å². The van der Waals surface area contributed by atoms with Crippen molar-refractivity contribution < 1.29 is 54.7 Å². The van der Waals surface area contributed by atoms with Crippen LogP contribution in [-0.2, 0) is 9.45 Å². The molecule has 0 bridgehead atoms. The number of hydrogen-bond acceptors (Lipinski definition) is 8. The Morgan fingerprint density at radius 1 is 0.750 bits per heavy atom. The Kier molecular flexibility index (Phi) is 7.63. The fourth-order valence-corrected chi connectivity index (χ4v) is 2.96. The lowest BCUT2D eigenvalue weighted by Gasteiger charge is -2.13. The third-order valence-electron chi connectivity index (χ3n) is 4.56. The molecule has 8 nitrogen and oxygen atoms in total. The summed E-state index contributed by atoms with van der Waals surface area (Å²) in [6, 6.07) is 5.49. The van der Waals surface area contributed by atoms with Crippen molar-refractivity contribution in [3.8, 4) is 34.5 Å². The van der Waals surface area contributed by atoms with Gasteiger partial charge in [-0.05, 0) is 47.5 Å². The van der Waals surface area contributed by atoms with E-state index in [0.29, 0.717) is 11.1 Å². The summed E-state index contributed by atoms with van der Waals surface area (Å²) in [5.74, 6) is -1.60. The number of rotatable bonds is 13. The predicted octanol–water partition coefficient (Wildman–Crippen LogP) is 4.86. The van der Waals surface area contributed by atoms with Crippen molar-refractivity contribution in [3.63, 3.8) is 0 Å². The number of halogens is 2. The van der Waals surface area contributed by atoms with E-state index in [4.69, 9.17) is 36.6 Å². The molecule has 0 aliphatic heterocycles. The van der Waals surface area contributed by atoms with E-state index in [1.54, 1.807) is 0 Å². The van der Waals surface area contributed by atoms with Crippen LogP contribution in [0.25, 0.3) is 12.2 Å². The van der Waals surface area contributed by atoms with Gasteiger partial charge in [-0.15, -0.1) is 0 Å². The van der Waals surface area contributed by atoms with E-state index in [2.05, 4.69) is 4.65 Å². The molecular weight excluding hydrogens is 477 g/mol. The molecule has 0 aliphatic rings. The molecule has 2 aromatic rings. The first-order chi connectivity index (χ1) is 19.6. The highest BCUT2D eigenvalue weighted by Gasteiger charge is 2.19. The lowest BCUT2D eigenvalue weighted by atomic mass is 10.1. The fourth-order valence-electron chi connectivity index (χ4n) is 2.96. The van der Waals surface area contributed by atoms with Gasteiger partial charge in [-0.3, -0.25) is 4.79 Å². The second-order valence-electron chi connectivity index (χ2n) is 6.71. The van der Waals surface area contributed by atoms with Crippen LogP contribution in [0.4, 0.5) is 8.63 Å². The molecule has 0 N–H and O–H groups in total. The number of hydrogen-bond donors (Lipinski definition) is 0. The molecule has 0 saturated heterocycles. The number of carbonyl (C=O) groups is 1. The summed E-state index contributed by atoms with van der Waals surface area (Å²) in [6.07, 6.45) is 5.55. The van der Waals surface area contributed by atoms with Crippen LogP contribution < -0.4 is 28.4 Å². The highest BCUT2D eigenvalue weighted by Crippen LogP contribution is 2.39. The van der Waals surface area contributed by atoms with Crippen LogP contribution in [0, 0.1) is 0 Å². The molecular formula is C25H27BF2O8.